The highest BCUT2D eigenvalue weighted by Crippen LogP contribution is 2.27. The van der Waals surface area contributed by atoms with Gasteiger partial charge >= 0.3 is 0 Å². The molecule has 1 aromatic heterocycles. The first-order valence-corrected chi connectivity index (χ1v) is 10.3. The van der Waals surface area contributed by atoms with E-state index in [0.717, 1.165) is 38.0 Å². The fourth-order valence-electron chi connectivity index (χ4n) is 3.14. The van der Waals surface area contributed by atoms with Gasteiger partial charge in [-0.25, -0.2) is 0 Å². The lowest BCUT2D eigenvalue weighted by molar-refractivity contribution is 0.112. The van der Waals surface area contributed by atoms with Gasteiger partial charge in [-0.1, -0.05) is 13.8 Å². The monoisotopic (exact) mass is 383 g/mol. The first kappa shape index (κ1) is 20.9. The van der Waals surface area contributed by atoms with Crippen LogP contribution < -0.4 is 15.5 Å². The molecule has 0 atom stereocenters. The lowest BCUT2D eigenvalue weighted by Crippen LogP contribution is -2.46. The number of nitrogens with zero attached hydrogens (tertiary/aromatic N) is 2. The molecule has 1 fully saturated rings. The maximum Gasteiger partial charge on any atom is 0.150 e. The number of hydrogen-bond acceptors (Lipinski definition) is 5. The van der Waals surface area contributed by atoms with Crippen molar-refractivity contribution in [2.45, 2.75) is 13.8 Å². The molecule has 1 aliphatic rings. The van der Waals surface area contributed by atoms with Crippen molar-refractivity contribution in [3.8, 4) is 0 Å². The van der Waals surface area contributed by atoms with Gasteiger partial charge in [0.15, 0.2) is 0 Å². The van der Waals surface area contributed by atoms with Crippen molar-refractivity contribution in [1.29, 1.82) is 0 Å². The molecule has 144 valence electrons. The molecule has 0 radical (unpaired) electrons. The molecule has 4 nitrogen and oxygen atoms in total. The third kappa shape index (κ3) is 5.08. The van der Waals surface area contributed by atoms with E-state index in [4.69, 9.17) is 0 Å². The zero-order valence-corrected chi connectivity index (χ0v) is 17.2. The fourth-order valence-corrected chi connectivity index (χ4v) is 3.91. The second kappa shape index (κ2) is 10.7. The second-order valence-corrected chi connectivity index (χ2v) is 6.77. The Kier molecular flexibility index (Phi) is 8.30. The average Bonchev–Trinajstić information content (AvgIpc) is 3.25. The lowest BCUT2D eigenvalue weighted by Gasteiger charge is -2.37. The van der Waals surface area contributed by atoms with Gasteiger partial charge in [0.05, 0.1) is 0 Å². The first-order valence-electron chi connectivity index (χ1n) is 9.44. The van der Waals surface area contributed by atoms with Crippen molar-refractivity contribution < 1.29 is 4.79 Å². The SMILES string of the molecule is CC.CN.O=Cc1ccc(N2CCN(c3ccc4sccc4c3)CC2)cc1. The van der Waals surface area contributed by atoms with Crippen LogP contribution in [-0.4, -0.2) is 39.5 Å². The van der Waals surface area contributed by atoms with E-state index in [1.165, 1.54) is 28.5 Å². The van der Waals surface area contributed by atoms with Gasteiger partial charge in [-0.15, -0.1) is 11.3 Å². The van der Waals surface area contributed by atoms with Crippen LogP contribution in [-0.2, 0) is 0 Å². The first-order chi connectivity index (χ1) is 13.3. The highest BCUT2D eigenvalue weighted by atomic mass is 32.1. The summed E-state index contributed by atoms with van der Waals surface area (Å²) in [7, 11) is 1.50. The number of benzene rings is 2. The molecular formula is C22H29N3OS. The number of thiophene rings is 1. The topological polar surface area (TPSA) is 49.6 Å². The van der Waals surface area contributed by atoms with Crippen LogP contribution in [0.15, 0.2) is 53.9 Å². The van der Waals surface area contributed by atoms with Crippen molar-refractivity contribution in [3.63, 3.8) is 0 Å². The molecule has 27 heavy (non-hydrogen) atoms. The normalized spacial score (nSPS) is 13.3. The summed E-state index contributed by atoms with van der Waals surface area (Å²) in [6, 6.07) is 16.8. The molecule has 2 aromatic carbocycles. The van der Waals surface area contributed by atoms with Crippen LogP contribution in [0.4, 0.5) is 11.4 Å². The summed E-state index contributed by atoms with van der Waals surface area (Å²) in [5.41, 5.74) is 7.74. The van der Waals surface area contributed by atoms with Crippen molar-refractivity contribution in [1.82, 2.24) is 0 Å². The number of aldehydes is 1. The van der Waals surface area contributed by atoms with Crippen LogP contribution in [0.5, 0.6) is 0 Å². The summed E-state index contributed by atoms with van der Waals surface area (Å²) in [5.74, 6) is 0. The summed E-state index contributed by atoms with van der Waals surface area (Å²) in [4.78, 5) is 15.6. The highest BCUT2D eigenvalue weighted by molar-refractivity contribution is 7.17. The van der Waals surface area contributed by atoms with Crippen LogP contribution in [0.2, 0.25) is 0 Å². The Morgan fingerprint density at radius 3 is 2.00 bits per heavy atom. The Balaban J connectivity index is 0.000000614. The molecule has 2 N–H and O–H groups in total. The number of carbonyl (C=O) groups is 1. The van der Waals surface area contributed by atoms with E-state index in [0.29, 0.717) is 0 Å². The molecule has 3 aromatic rings. The highest BCUT2D eigenvalue weighted by Gasteiger charge is 2.17. The van der Waals surface area contributed by atoms with Gasteiger partial charge < -0.3 is 15.5 Å². The Bertz CT molecular complexity index is 821. The molecule has 0 spiro atoms. The molecule has 1 saturated heterocycles. The number of fused-ring (bicyclic) bond motifs is 1. The summed E-state index contributed by atoms with van der Waals surface area (Å²) in [5, 5.41) is 3.48. The number of anilines is 2. The van der Waals surface area contributed by atoms with E-state index in [1.54, 1.807) is 11.3 Å². The van der Waals surface area contributed by atoms with Gasteiger partial charge in [0.2, 0.25) is 0 Å². The van der Waals surface area contributed by atoms with E-state index in [2.05, 4.69) is 45.2 Å². The summed E-state index contributed by atoms with van der Waals surface area (Å²) < 4.78 is 1.35. The quantitative estimate of drug-likeness (QED) is 0.669. The van der Waals surface area contributed by atoms with Gasteiger partial charge in [-0.2, -0.15) is 0 Å². The predicted molar refractivity (Wildman–Crippen MR) is 120 cm³/mol. The van der Waals surface area contributed by atoms with Gasteiger partial charge in [0, 0.05) is 47.8 Å². The number of hydrogen-bond donors (Lipinski definition) is 1. The third-order valence-electron chi connectivity index (χ3n) is 4.48. The van der Waals surface area contributed by atoms with Crippen LogP contribution in [0.3, 0.4) is 0 Å². The number of nitrogens with two attached hydrogens (primary N) is 1. The maximum absolute atomic E-state index is 10.7. The molecule has 2 heterocycles. The van der Waals surface area contributed by atoms with Crippen molar-refractivity contribution in [3.05, 3.63) is 59.5 Å². The zero-order chi connectivity index (χ0) is 19.6. The smallest absolute Gasteiger partial charge is 0.150 e. The van der Waals surface area contributed by atoms with Crippen molar-refractivity contribution in [2.75, 3.05) is 43.0 Å². The minimum absolute atomic E-state index is 0.733. The molecule has 0 unspecified atom stereocenters. The van der Waals surface area contributed by atoms with Gasteiger partial charge in [0.1, 0.15) is 6.29 Å². The lowest BCUT2D eigenvalue weighted by atomic mass is 10.1. The molecule has 0 saturated carbocycles. The Labute approximate surface area is 166 Å². The second-order valence-electron chi connectivity index (χ2n) is 5.83. The molecule has 4 rings (SSSR count). The fraction of sp³-hybridized carbons (Fsp3) is 0.318. The number of carbonyl (C=O) groups excluding carboxylic acids is 1. The number of piperazine rings is 1. The molecule has 5 heteroatoms. The van der Waals surface area contributed by atoms with Crippen LogP contribution in [0, 0.1) is 0 Å². The predicted octanol–water partition coefficient (Wildman–Crippen LogP) is 4.64. The van der Waals surface area contributed by atoms with E-state index >= 15 is 0 Å². The van der Waals surface area contributed by atoms with E-state index in [9.17, 15) is 4.79 Å². The van der Waals surface area contributed by atoms with Crippen molar-refractivity contribution >= 4 is 39.1 Å². The minimum atomic E-state index is 0.733. The molecule has 0 bridgehead atoms. The molecule has 0 amide bonds. The molecular weight excluding hydrogens is 354 g/mol. The Morgan fingerprint density at radius 1 is 0.852 bits per heavy atom. The van der Waals surface area contributed by atoms with Gasteiger partial charge in [0.25, 0.3) is 0 Å². The Hall–Kier alpha value is -2.37. The van der Waals surface area contributed by atoms with Crippen LogP contribution >= 0.6 is 11.3 Å². The van der Waals surface area contributed by atoms with Crippen LogP contribution in [0.1, 0.15) is 24.2 Å². The minimum Gasteiger partial charge on any atom is -0.368 e. The Morgan fingerprint density at radius 2 is 1.41 bits per heavy atom. The zero-order valence-electron chi connectivity index (χ0n) is 16.4. The summed E-state index contributed by atoms with van der Waals surface area (Å²) >= 11 is 1.79. The summed E-state index contributed by atoms with van der Waals surface area (Å²) in [6.07, 6.45) is 0.891. The average molecular weight is 384 g/mol. The molecule has 1 aliphatic heterocycles. The number of rotatable bonds is 3. The largest absolute Gasteiger partial charge is 0.368 e. The van der Waals surface area contributed by atoms with Gasteiger partial charge in [-0.05, 0) is 66.3 Å². The van der Waals surface area contributed by atoms with E-state index < -0.39 is 0 Å². The summed E-state index contributed by atoms with van der Waals surface area (Å²) in [6.45, 7) is 8.04. The van der Waals surface area contributed by atoms with E-state index in [-0.39, 0.29) is 0 Å². The van der Waals surface area contributed by atoms with Crippen molar-refractivity contribution in [2.24, 2.45) is 5.73 Å². The standard InChI is InChI=1S/C19H18N2OS.C2H6.CH5N/c22-14-15-1-3-17(4-2-15)20-8-10-21(11-9-20)18-5-6-19-16(13-18)7-12-23-19;2*1-2/h1-7,12-14H,8-11H2;1-2H3;2H2,1H3. The van der Waals surface area contributed by atoms with Crippen LogP contribution in [0.25, 0.3) is 10.1 Å². The van der Waals surface area contributed by atoms with Gasteiger partial charge in [-0.3, -0.25) is 4.79 Å². The third-order valence-corrected chi connectivity index (χ3v) is 5.37. The van der Waals surface area contributed by atoms with E-state index in [1.807, 2.05) is 38.1 Å². The maximum atomic E-state index is 10.7. The molecule has 0 aliphatic carbocycles.